The van der Waals surface area contributed by atoms with Crippen LogP contribution in [0.2, 0.25) is 0 Å². The van der Waals surface area contributed by atoms with Crippen LogP contribution in [0.3, 0.4) is 0 Å². The summed E-state index contributed by atoms with van der Waals surface area (Å²) in [4.78, 5) is 11.7. The number of aliphatic imine (C=N–C) groups is 1. The summed E-state index contributed by atoms with van der Waals surface area (Å²) in [5.41, 5.74) is 1.19. The number of piperidine rings is 1. The standard InChI is InChI=1S/C23H33N5O/c1-2-24-23(26-13-9-17-29-21-10-5-3-6-11-21)27-19-20-12-14-25-22(18-20)28-15-7-4-8-16-28/h3,5-6,10-12,14,18H,2,4,7-9,13,15-17,19H2,1H3,(H2,24,26,27). The summed E-state index contributed by atoms with van der Waals surface area (Å²) < 4.78 is 5.74. The number of rotatable bonds is 9. The van der Waals surface area contributed by atoms with Gasteiger partial charge in [-0.25, -0.2) is 9.98 Å². The van der Waals surface area contributed by atoms with Crippen LogP contribution >= 0.6 is 0 Å². The molecule has 2 heterocycles. The summed E-state index contributed by atoms with van der Waals surface area (Å²) >= 11 is 0. The maximum Gasteiger partial charge on any atom is 0.191 e. The number of hydrogen-bond donors (Lipinski definition) is 2. The van der Waals surface area contributed by atoms with Crippen LogP contribution in [0.25, 0.3) is 0 Å². The SMILES string of the molecule is CCNC(=NCc1ccnc(N2CCCCC2)c1)NCCCOc1ccccc1. The summed E-state index contributed by atoms with van der Waals surface area (Å²) in [6, 6.07) is 14.1. The minimum absolute atomic E-state index is 0.638. The normalized spacial score (nSPS) is 14.5. The molecule has 0 saturated carbocycles. The van der Waals surface area contributed by atoms with Crippen molar-refractivity contribution >= 4 is 11.8 Å². The molecule has 1 aliphatic heterocycles. The third-order valence-electron chi connectivity index (χ3n) is 4.88. The van der Waals surface area contributed by atoms with E-state index in [1.807, 2.05) is 42.6 Å². The number of aromatic nitrogens is 1. The van der Waals surface area contributed by atoms with Crippen molar-refractivity contribution in [1.29, 1.82) is 0 Å². The Kier molecular flexibility index (Phi) is 8.63. The van der Waals surface area contributed by atoms with Gasteiger partial charge in [0, 0.05) is 32.4 Å². The molecule has 6 nitrogen and oxygen atoms in total. The number of benzene rings is 1. The molecular weight excluding hydrogens is 362 g/mol. The predicted octanol–water partition coefficient (Wildman–Crippen LogP) is 3.60. The van der Waals surface area contributed by atoms with Crippen LogP contribution in [0.5, 0.6) is 5.75 Å². The summed E-state index contributed by atoms with van der Waals surface area (Å²) in [7, 11) is 0. The molecule has 0 aliphatic carbocycles. The van der Waals surface area contributed by atoms with E-state index < -0.39 is 0 Å². The van der Waals surface area contributed by atoms with Gasteiger partial charge in [0.25, 0.3) is 0 Å². The number of nitrogens with one attached hydrogen (secondary N) is 2. The van der Waals surface area contributed by atoms with Crippen LogP contribution in [0.4, 0.5) is 5.82 Å². The largest absolute Gasteiger partial charge is 0.494 e. The molecule has 0 radical (unpaired) electrons. The van der Waals surface area contributed by atoms with E-state index in [0.717, 1.165) is 50.1 Å². The van der Waals surface area contributed by atoms with Gasteiger partial charge in [-0.1, -0.05) is 18.2 Å². The van der Waals surface area contributed by atoms with E-state index in [4.69, 9.17) is 9.73 Å². The van der Waals surface area contributed by atoms with Gasteiger partial charge in [0.2, 0.25) is 0 Å². The Morgan fingerprint density at radius 2 is 1.93 bits per heavy atom. The van der Waals surface area contributed by atoms with Crippen molar-refractivity contribution in [2.45, 2.75) is 39.2 Å². The van der Waals surface area contributed by atoms with E-state index in [-0.39, 0.29) is 0 Å². The second-order valence-electron chi connectivity index (χ2n) is 7.21. The van der Waals surface area contributed by atoms with Gasteiger partial charge in [-0.2, -0.15) is 0 Å². The average Bonchev–Trinajstić information content (AvgIpc) is 2.78. The molecular formula is C23H33N5O. The Bertz CT molecular complexity index is 744. The number of anilines is 1. The van der Waals surface area contributed by atoms with E-state index in [1.54, 1.807) is 0 Å². The van der Waals surface area contributed by atoms with Crippen LogP contribution in [0.15, 0.2) is 53.7 Å². The van der Waals surface area contributed by atoms with Crippen LogP contribution in [0.1, 0.15) is 38.2 Å². The molecule has 1 aromatic carbocycles. The monoisotopic (exact) mass is 395 g/mol. The number of pyridine rings is 1. The maximum absolute atomic E-state index is 5.74. The topological polar surface area (TPSA) is 61.8 Å². The lowest BCUT2D eigenvalue weighted by molar-refractivity contribution is 0.311. The molecule has 156 valence electrons. The minimum Gasteiger partial charge on any atom is -0.494 e. The van der Waals surface area contributed by atoms with Gasteiger partial charge >= 0.3 is 0 Å². The van der Waals surface area contributed by atoms with Gasteiger partial charge in [-0.3, -0.25) is 0 Å². The van der Waals surface area contributed by atoms with Crippen LogP contribution in [-0.2, 0) is 6.54 Å². The Morgan fingerprint density at radius 3 is 2.72 bits per heavy atom. The third-order valence-corrected chi connectivity index (χ3v) is 4.88. The molecule has 0 spiro atoms. The molecule has 3 rings (SSSR count). The second-order valence-corrected chi connectivity index (χ2v) is 7.21. The Labute approximate surface area is 174 Å². The molecule has 0 unspecified atom stereocenters. The minimum atomic E-state index is 0.638. The number of ether oxygens (including phenoxy) is 1. The summed E-state index contributed by atoms with van der Waals surface area (Å²) in [5.74, 6) is 2.83. The van der Waals surface area contributed by atoms with Crippen LogP contribution in [0, 0.1) is 0 Å². The lowest BCUT2D eigenvalue weighted by atomic mass is 10.1. The number of hydrogen-bond acceptors (Lipinski definition) is 4. The Hall–Kier alpha value is -2.76. The van der Waals surface area contributed by atoms with Crippen molar-refractivity contribution < 1.29 is 4.74 Å². The van der Waals surface area contributed by atoms with Crippen molar-refractivity contribution in [2.75, 3.05) is 37.7 Å². The van der Waals surface area contributed by atoms with Crippen LogP contribution < -0.4 is 20.3 Å². The molecule has 1 saturated heterocycles. The van der Waals surface area contributed by atoms with Gasteiger partial charge in [-0.05, 0) is 62.4 Å². The smallest absolute Gasteiger partial charge is 0.191 e. The number of guanidine groups is 1. The van der Waals surface area contributed by atoms with E-state index in [9.17, 15) is 0 Å². The first kappa shape index (κ1) is 21.0. The molecule has 0 amide bonds. The van der Waals surface area contributed by atoms with E-state index in [0.29, 0.717) is 13.2 Å². The summed E-state index contributed by atoms with van der Waals surface area (Å²) in [6.45, 7) is 7.26. The molecule has 0 atom stereocenters. The van der Waals surface area contributed by atoms with Crippen molar-refractivity contribution in [1.82, 2.24) is 15.6 Å². The zero-order valence-corrected chi connectivity index (χ0v) is 17.4. The fraction of sp³-hybridized carbons (Fsp3) is 0.478. The fourth-order valence-electron chi connectivity index (χ4n) is 3.35. The molecule has 29 heavy (non-hydrogen) atoms. The first-order valence-electron chi connectivity index (χ1n) is 10.7. The Morgan fingerprint density at radius 1 is 1.10 bits per heavy atom. The third kappa shape index (κ3) is 7.29. The van der Waals surface area contributed by atoms with Gasteiger partial charge in [-0.15, -0.1) is 0 Å². The van der Waals surface area contributed by atoms with Crippen molar-refractivity contribution in [3.63, 3.8) is 0 Å². The summed E-state index contributed by atoms with van der Waals surface area (Å²) in [5, 5.41) is 6.70. The van der Waals surface area contributed by atoms with E-state index in [1.165, 1.54) is 24.8 Å². The highest BCUT2D eigenvalue weighted by Gasteiger charge is 2.12. The fourth-order valence-corrected chi connectivity index (χ4v) is 3.35. The van der Waals surface area contributed by atoms with Gasteiger partial charge in [0.15, 0.2) is 5.96 Å². The lowest BCUT2D eigenvalue weighted by Crippen LogP contribution is -2.38. The molecule has 2 aromatic rings. The highest BCUT2D eigenvalue weighted by Crippen LogP contribution is 2.18. The number of nitrogens with zero attached hydrogens (tertiary/aromatic N) is 3. The molecule has 1 aromatic heterocycles. The maximum atomic E-state index is 5.74. The quantitative estimate of drug-likeness (QED) is 0.386. The second kappa shape index (κ2) is 11.9. The zero-order chi connectivity index (χ0) is 20.2. The molecule has 0 bridgehead atoms. The molecule has 1 aliphatic rings. The van der Waals surface area contributed by atoms with E-state index in [2.05, 4.69) is 33.5 Å². The Balaban J connectivity index is 1.45. The average molecular weight is 396 g/mol. The first-order valence-corrected chi connectivity index (χ1v) is 10.7. The first-order chi connectivity index (χ1) is 14.3. The predicted molar refractivity (Wildman–Crippen MR) is 120 cm³/mol. The van der Waals surface area contributed by atoms with Crippen molar-refractivity contribution in [3.8, 4) is 5.75 Å². The molecule has 2 N–H and O–H groups in total. The van der Waals surface area contributed by atoms with Gasteiger partial charge in [0.05, 0.1) is 13.2 Å². The summed E-state index contributed by atoms with van der Waals surface area (Å²) in [6.07, 6.45) is 6.65. The van der Waals surface area contributed by atoms with Crippen molar-refractivity contribution in [2.24, 2.45) is 4.99 Å². The van der Waals surface area contributed by atoms with Crippen LogP contribution in [-0.4, -0.2) is 43.7 Å². The van der Waals surface area contributed by atoms with E-state index >= 15 is 0 Å². The van der Waals surface area contributed by atoms with Crippen molar-refractivity contribution in [3.05, 3.63) is 54.2 Å². The van der Waals surface area contributed by atoms with Gasteiger partial charge in [0.1, 0.15) is 11.6 Å². The zero-order valence-electron chi connectivity index (χ0n) is 17.4. The highest BCUT2D eigenvalue weighted by atomic mass is 16.5. The highest BCUT2D eigenvalue weighted by molar-refractivity contribution is 5.79. The number of para-hydroxylation sites is 1. The van der Waals surface area contributed by atoms with Gasteiger partial charge < -0.3 is 20.3 Å². The molecule has 6 heteroatoms. The molecule has 1 fully saturated rings. The lowest BCUT2D eigenvalue weighted by Gasteiger charge is -2.27.